The normalized spacial score (nSPS) is 18.3. The number of halogens is 1. The summed E-state index contributed by atoms with van der Waals surface area (Å²) in [5.74, 6) is -0.362. The maximum atomic E-state index is 13.2. The van der Waals surface area contributed by atoms with Crippen LogP contribution in [0.25, 0.3) is 11.0 Å². The summed E-state index contributed by atoms with van der Waals surface area (Å²) < 4.78 is 29.4. The molecule has 1 fully saturated rings. The van der Waals surface area contributed by atoms with Crippen LogP contribution in [0.5, 0.6) is 0 Å². The highest BCUT2D eigenvalue weighted by Crippen LogP contribution is 2.31. The molecule has 0 radical (unpaired) electrons. The highest BCUT2D eigenvalue weighted by molar-refractivity contribution is 6.03. The lowest BCUT2D eigenvalue weighted by Gasteiger charge is -2.33. The number of furan rings is 1. The molecule has 0 unspecified atom stereocenters. The molecule has 0 spiro atoms. The average molecular weight is 278 g/mol. The van der Waals surface area contributed by atoms with Gasteiger partial charge in [0.15, 0.2) is 5.76 Å². The van der Waals surface area contributed by atoms with Gasteiger partial charge in [-0.2, -0.15) is 0 Å². The zero-order valence-corrected chi connectivity index (χ0v) is 11.1. The van der Waals surface area contributed by atoms with Crippen LogP contribution in [0, 0.1) is 5.82 Å². The molecule has 0 atom stereocenters. The SMILES string of the molecule is COC1(C(=O)c2cc3cc(F)ccc3o2)CCOCC1. The molecular weight excluding hydrogens is 263 g/mol. The van der Waals surface area contributed by atoms with Crippen molar-refractivity contribution < 1.29 is 23.1 Å². The van der Waals surface area contributed by atoms with Crippen molar-refractivity contribution in [1.29, 1.82) is 0 Å². The van der Waals surface area contributed by atoms with Gasteiger partial charge < -0.3 is 13.9 Å². The summed E-state index contributed by atoms with van der Waals surface area (Å²) in [5, 5.41) is 0.576. The van der Waals surface area contributed by atoms with Crippen LogP contribution in [0.3, 0.4) is 0 Å². The van der Waals surface area contributed by atoms with Crippen molar-refractivity contribution in [1.82, 2.24) is 0 Å². The second kappa shape index (κ2) is 5.00. The first-order chi connectivity index (χ1) is 9.64. The monoisotopic (exact) mass is 278 g/mol. The third-order valence-electron chi connectivity index (χ3n) is 3.81. The van der Waals surface area contributed by atoms with Crippen molar-refractivity contribution in [3.8, 4) is 0 Å². The van der Waals surface area contributed by atoms with Crippen molar-refractivity contribution in [2.45, 2.75) is 18.4 Å². The molecule has 2 heterocycles. The van der Waals surface area contributed by atoms with E-state index in [1.165, 1.54) is 25.3 Å². The van der Waals surface area contributed by atoms with Crippen molar-refractivity contribution in [2.75, 3.05) is 20.3 Å². The van der Waals surface area contributed by atoms with Crippen LogP contribution in [-0.2, 0) is 9.47 Å². The first kappa shape index (κ1) is 13.3. The Morgan fingerprint density at radius 3 is 2.75 bits per heavy atom. The number of methoxy groups -OCH3 is 1. The topological polar surface area (TPSA) is 48.7 Å². The van der Waals surface area contributed by atoms with Gasteiger partial charge in [-0.15, -0.1) is 0 Å². The molecular formula is C15H15FO4. The Hall–Kier alpha value is -1.72. The van der Waals surface area contributed by atoms with Gasteiger partial charge in [0.2, 0.25) is 5.78 Å². The van der Waals surface area contributed by atoms with E-state index in [9.17, 15) is 9.18 Å². The lowest BCUT2D eigenvalue weighted by atomic mass is 9.88. The number of rotatable bonds is 3. The molecule has 1 aromatic carbocycles. The predicted octanol–water partition coefficient (Wildman–Crippen LogP) is 2.95. The summed E-state index contributed by atoms with van der Waals surface area (Å²) in [5.41, 5.74) is -0.405. The molecule has 1 aromatic heterocycles. The third kappa shape index (κ3) is 2.13. The van der Waals surface area contributed by atoms with E-state index in [0.29, 0.717) is 37.0 Å². The number of ether oxygens (including phenoxy) is 2. The summed E-state index contributed by atoms with van der Waals surface area (Å²) in [6.45, 7) is 0.961. The molecule has 0 N–H and O–H groups in total. The third-order valence-corrected chi connectivity index (χ3v) is 3.81. The van der Waals surface area contributed by atoms with Gasteiger partial charge in [-0.1, -0.05) is 0 Å². The lowest BCUT2D eigenvalue weighted by molar-refractivity contribution is -0.0673. The molecule has 0 saturated carbocycles. The zero-order valence-electron chi connectivity index (χ0n) is 11.1. The molecule has 0 bridgehead atoms. The van der Waals surface area contributed by atoms with Gasteiger partial charge in [0.05, 0.1) is 0 Å². The Morgan fingerprint density at radius 1 is 1.30 bits per heavy atom. The van der Waals surface area contributed by atoms with Gasteiger partial charge in [0, 0.05) is 38.6 Å². The van der Waals surface area contributed by atoms with E-state index >= 15 is 0 Å². The smallest absolute Gasteiger partial charge is 0.229 e. The second-order valence-corrected chi connectivity index (χ2v) is 4.93. The van der Waals surface area contributed by atoms with Crippen LogP contribution >= 0.6 is 0 Å². The summed E-state index contributed by atoms with van der Waals surface area (Å²) >= 11 is 0. The highest BCUT2D eigenvalue weighted by Gasteiger charge is 2.42. The maximum absolute atomic E-state index is 13.2. The van der Waals surface area contributed by atoms with E-state index < -0.39 is 5.60 Å². The Labute approximate surface area is 115 Å². The first-order valence-electron chi connectivity index (χ1n) is 6.51. The van der Waals surface area contributed by atoms with Crippen molar-refractivity contribution in [3.05, 3.63) is 35.8 Å². The number of carbonyl (C=O) groups excluding carboxylic acids is 1. The molecule has 1 aliphatic heterocycles. The molecule has 5 heteroatoms. The Bertz CT molecular complexity index is 640. The Balaban J connectivity index is 1.98. The molecule has 3 rings (SSSR count). The maximum Gasteiger partial charge on any atom is 0.229 e. The van der Waals surface area contributed by atoms with Crippen LogP contribution < -0.4 is 0 Å². The zero-order chi connectivity index (χ0) is 14.2. The second-order valence-electron chi connectivity index (χ2n) is 4.93. The minimum Gasteiger partial charge on any atom is -0.453 e. The van der Waals surface area contributed by atoms with Crippen molar-refractivity contribution in [3.63, 3.8) is 0 Å². The van der Waals surface area contributed by atoms with Gasteiger partial charge in [-0.25, -0.2) is 4.39 Å². The van der Waals surface area contributed by atoms with Crippen LogP contribution in [0.1, 0.15) is 23.4 Å². The van der Waals surface area contributed by atoms with Gasteiger partial charge in [0.1, 0.15) is 17.0 Å². The van der Waals surface area contributed by atoms with Crippen molar-refractivity contribution >= 4 is 16.8 Å². The van der Waals surface area contributed by atoms with Gasteiger partial charge in [0.25, 0.3) is 0 Å². The van der Waals surface area contributed by atoms with Crippen LogP contribution in [-0.4, -0.2) is 31.7 Å². The number of hydrogen-bond acceptors (Lipinski definition) is 4. The van der Waals surface area contributed by atoms with Crippen LogP contribution in [0.2, 0.25) is 0 Å². The molecule has 2 aromatic rings. The number of ketones is 1. The minimum absolute atomic E-state index is 0.203. The fourth-order valence-electron chi connectivity index (χ4n) is 2.58. The van der Waals surface area contributed by atoms with E-state index in [1.54, 1.807) is 6.07 Å². The van der Waals surface area contributed by atoms with Crippen LogP contribution in [0.4, 0.5) is 4.39 Å². The van der Waals surface area contributed by atoms with E-state index in [4.69, 9.17) is 13.9 Å². The minimum atomic E-state index is -0.898. The Morgan fingerprint density at radius 2 is 2.05 bits per heavy atom. The van der Waals surface area contributed by atoms with Gasteiger partial charge in [-0.3, -0.25) is 4.79 Å². The molecule has 4 nitrogen and oxygen atoms in total. The van der Waals surface area contributed by atoms with Crippen molar-refractivity contribution in [2.24, 2.45) is 0 Å². The number of Topliss-reactive ketones (excluding diaryl/α,β-unsaturated/α-hetero) is 1. The fourth-order valence-corrected chi connectivity index (χ4v) is 2.58. The fraction of sp³-hybridized carbons (Fsp3) is 0.400. The quantitative estimate of drug-likeness (QED) is 0.810. The van der Waals surface area contributed by atoms with Crippen LogP contribution in [0.15, 0.2) is 28.7 Å². The standard InChI is InChI=1S/C15H15FO4/c1-18-15(4-6-19-7-5-15)14(17)13-9-10-8-11(16)2-3-12(10)20-13/h2-3,8-9H,4-7H2,1H3. The summed E-state index contributed by atoms with van der Waals surface area (Å²) in [7, 11) is 1.52. The molecule has 1 aliphatic rings. The largest absolute Gasteiger partial charge is 0.453 e. The Kier molecular flexibility index (Phi) is 3.31. The molecule has 0 aliphatic carbocycles. The number of benzene rings is 1. The van der Waals surface area contributed by atoms with E-state index in [1.807, 2.05) is 0 Å². The van der Waals surface area contributed by atoms with Gasteiger partial charge in [-0.05, 0) is 24.3 Å². The summed E-state index contributed by atoms with van der Waals surface area (Å²) in [4.78, 5) is 12.6. The molecule has 0 amide bonds. The van der Waals surface area contributed by atoms with E-state index in [2.05, 4.69) is 0 Å². The van der Waals surface area contributed by atoms with E-state index in [0.717, 1.165) is 0 Å². The van der Waals surface area contributed by atoms with E-state index in [-0.39, 0.29) is 17.4 Å². The molecule has 1 saturated heterocycles. The first-order valence-corrected chi connectivity index (χ1v) is 6.51. The number of carbonyl (C=O) groups is 1. The average Bonchev–Trinajstić information content (AvgIpc) is 2.90. The molecule has 106 valence electrons. The molecule has 20 heavy (non-hydrogen) atoms. The summed E-state index contributed by atoms with van der Waals surface area (Å²) in [6, 6.07) is 5.74. The number of fused-ring (bicyclic) bond motifs is 1. The summed E-state index contributed by atoms with van der Waals surface area (Å²) in [6.07, 6.45) is 0.988. The van der Waals surface area contributed by atoms with Gasteiger partial charge >= 0.3 is 0 Å². The highest BCUT2D eigenvalue weighted by atomic mass is 19.1. The predicted molar refractivity (Wildman–Crippen MR) is 70.3 cm³/mol. The number of hydrogen-bond donors (Lipinski definition) is 0. The lowest BCUT2D eigenvalue weighted by Crippen LogP contribution is -2.45.